The lowest BCUT2D eigenvalue weighted by Crippen LogP contribution is -2.18. The molecule has 0 atom stereocenters. The van der Waals surface area contributed by atoms with Gasteiger partial charge in [0, 0.05) is 18.8 Å². The summed E-state index contributed by atoms with van der Waals surface area (Å²) in [7, 11) is 0. The number of aryl methyl sites for hydroxylation is 1. The second-order valence-corrected chi connectivity index (χ2v) is 3.29. The van der Waals surface area contributed by atoms with Gasteiger partial charge in [-0.1, -0.05) is 12.1 Å². The molecule has 0 unspecified atom stereocenters. The van der Waals surface area contributed by atoms with E-state index >= 15 is 0 Å². The van der Waals surface area contributed by atoms with Crippen LogP contribution in [0.5, 0.6) is 0 Å². The van der Waals surface area contributed by atoms with Gasteiger partial charge in [0.2, 0.25) is 0 Å². The molecule has 3 nitrogen and oxygen atoms in total. The lowest BCUT2D eigenvalue weighted by atomic mass is 10.2. The second kappa shape index (κ2) is 3.09. The molecule has 2 amide bonds. The highest BCUT2D eigenvalue weighted by Crippen LogP contribution is 2.12. The molecule has 68 valence electrons. The molecular weight excluding hydrogens is 164 g/mol. The van der Waals surface area contributed by atoms with Crippen LogP contribution in [-0.4, -0.2) is 24.0 Å². The van der Waals surface area contributed by atoms with Crippen molar-refractivity contribution in [1.82, 2.24) is 4.90 Å². The smallest absolute Gasteiger partial charge is 0.321 e. The Balaban J connectivity index is 2.04. The Kier molecular flexibility index (Phi) is 1.93. The highest BCUT2D eigenvalue weighted by Gasteiger charge is 2.23. The van der Waals surface area contributed by atoms with Crippen LogP contribution in [0.1, 0.15) is 5.56 Å². The van der Waals surface area contributed by atoms with Gasteiger partial charge in [0.1, 0.15) is 0 Å². The molecule has 0 saturated carbocycles. The average Bonchev–Trinajstić information content (AvgIpc) is 2.85. The first kappa shape index (κ1) is 8.10. The molecule has 1 aliphatic heterocycles. The first-order valence-electron chi connectivity index (χ1n) is 4.38. The summed E-state index contributed by atoms with van der Waals surface area (Å²) in [5.74, 6) is 0. The third kappa shape index (κ3) is 1.99. The van der Waals surface area contributed by atoms with E-state index in [2.05, 4.69) is 5.32 Å². The zero-order valence-corrected chi connectivity index (χ0v) is 7.58. The molecule has 0 aliphatic carbocycles. The van der Waals surface area contributed by atoms with E-state index in [1.54, 1.807) is 4.90 Å². The Hall–Kier alpha value is -1.51. The van der Waals surface area contributed by atoms with Crippen LogP contribution >= 0.6 is 0 Å². The number of urea groups is 1. The molecule has 2 rings (SSSR count). The van der Waals surface area contributed by atoms with Gasteiger partial charge in [-0.05, 0) is 24.6 Å². The molecular formula is C10H12N2O. The maximum Gasteiger partial charge on any atom is 0.321 e. The Bertz CT molecular complexity index is 331. The van der Waals surface area contributed by atoms with Crippen molar-refractivity contribution < 1.29 is 4.79 Å². The lowest BCUT2D eigenvalue weighted by Gasteiger charge is -2.05. The molecule has 13 heavy (non-hydrogen) atoms. The van der Waals surface area contributed by atoms with Gasteiger partial charge in [0.05, 0.1) is 0 Å². The number of hydrogen-bond donors (Lipinski definition) is 1. The van der Waals surface area contributed by atoms with Crippen LogP contribution in [0.25, 0.3) is 0 Å². The second-order valence-electron chi connectivity index (χ2n) is 3.29. The summed E-state index contributed by atoms with van der Waals surface area (Å²) in [5.41, 5.74) is 2.03. The quantitative estimate of drug-likeness (QED) is 0.650. The van der Waals surface area contributed by atoms with E-state index in [4.69, 9.17) is 0 Å². The molecule has 0 aromatic heterocycles. The first-order chi connectivity index (χ1) is 6.25. The van der Waals surface area contributed by atoms with Gasteiger partial charge >= 0.3 is 6.03 Å². The summed E-state index contributed by atoms with van der Waals surface area (Å²) < 4.78 is 0. The van der Waals surface area contributed by atoms with E-state index in [1.807, 2.05) is 31.2 Å². The van der Waals surface area contributed by atoms with Crippen molar-refractivity contribution in [2.45, 2.75) is 6.92 Å². The summed E-state index contributed by atoms with van der Waals surface area (Å²) in [6.07, 6.45) is 0. The number of nitrogens with one attached hydrogen (secondary N) is 1. The van der Waals surface area contributed by atoms with Crippen molar-refractivity contribution in [2.75, 3.05) is 18.4 Å². The molecule has 1 aliphatic rings. The van der Waals surface area contributed by atoms with Gasteiger partial charge in [-0.25, -0.2) is 4.79 Å². The lowest BCUT2D eigenvalue weighted by molar-refractivity contribution is 0.242. The number of nitrogens with zero attached hydrogens (tertiary/aromatic N) is 1. The van der Waals surface area contributed by atoms with Crippen LogP contribution in [0.3, 0.4) is 0 Å². The van der Waals surface area contributed by atoms with Crippen molar-refractivity contribution in [3.63, 3.8) is 0 Å². The number of amides is 2. The average molecular weight is 176 g/mol. The normalized spacial score (nSPS) is 14.1. The van der Waals surface area contributed by atoms with Crippen molar-refractivity contribution >= 4 is 11.7 Å². The number of benzene rings is 1. The van der Waals surface area contributed by atoms with Crippen molar-refractivity contribution in [1.29, 1.82) is 0 Å². The highest BCUT2D eigenvalue weighted by atomic mass is 16.2. The van der Waals surface area contributed by atoms with Crippen LogP contribution in [0.15, 0.2) is 24.3 Å². The van der Waals surface area contributed by atoms with E-state index in [1.165, 1.54) is 0 Å². The molecule has 0 radical (unpaired) electrons. The predicted octanol–water partition coefficient (Wildman–Crippen LogP) is 1.84. The Morgan fingerprint density at radius 1 is 1.46 bits per heavy atom. The number of rotatable bonds is 1. The zero-order chi connectivity index (χ0) is 9.26. The van der Waals surface area contributed by atoms with Gasteiger partial charge in [-0.2, -0.15) is 0 Å². The van der Waals surface area contributed by atoms with Crippen LogP contribution in [0.4, 0.5) is 10.5 Å². The standard InChI is InChI=1S/C10H12N2O/c1-8-3-2-4-9(7-8)11-10(13)12-5-6-12/h2-4,7H,5-6H2,1H3,(H,11,13). The Morgan fingerprint density at radius 2 is 2.23 bits per heavy atom. The van der Waals surface area contributed by atoms with Gasteiger partial charge in [-0.3, -0.25) is 0 Å². The summed E-state index contributed by atoms with van der Waals surface area (Å²) in [4.78, 5) is 13.1. The molecule has 0 bridgehead atoms. The van der Waals surface area contributed by atoms with E-state index in [9.17, 15) is 4.79 Å². The monoisotopic (exact) mass is 176 g/mol. The van der Waals surface area contributed by atoms with E-state index < -0.39 is 0 Å². The highest BCUT2D eigenvalue weighted by molar-refractivity contribution is 5.90. The van der Waals surface area contributed by atoms with Crippen molar-refractivity contribution in [2.24, 2.45) is 0 Å². The summed E-state index contributed by atoms with van der Waals surface area (Å²) in [5, 5.41) is 2.83. The molecule has 1 saturated heterocycles. The largest absolute Gasteiger partial charge is 0.321 e. The van der Waals surface area contributed by atoms with Crippen LogP contribution in [0, 0.1) is 6.92 Å². The number of hydrogen-bond acceptors (Lipinski definition) is 1. The van der Waals surface area contributed by atoms with E-state index in [-0.39, 0.29) is 6.03 Å². The molecule has 0 spiro atoms. The summed E-state index contributed by atoms with van der Waals surface area (Å²) in [6, 6.07) is 7.81. The van der Waals surface area contributed by atoms with E-state index in [0.29, 0.717) is 0 Å². The SMILES string of the molecule is Cc1cccc(NC(=O)N2CC2)c1. The molecule has 1 aromatic carbocycles. The fourth-order valence-electron chi connectivity index (χ4n) is 1.18. The summed E-state index contributed by atoms with van der Waals surface area (Å²) in [6.45, 7) is 3.78. The minimum atomic E-state index is 0.00519. The fraction of sp³-hybridized carbons (Fsp3) is 0.300. The molecule has 1 fully saturated rings. The molecule has 1 aromatic rings. The maximum atomic E-state index is 11.3. The van der Waals surface area contributed by atoms with Crippen molar-refractivity contribution in [3.05, 3.63) is 29.8 Å². The molecule has 1 heterocycles. The number of carbonyl (C=O) groups excluding carboxylic acids is 1. The Labute approximate surface area is 77.4 Å². The fourth-order valence-corrected chi connectivity index (χ4v) is 1.18. The maximum absolute atomic E-state index is 11.3. The van der Waals surface area contributed by atoms with Crippen LogP contribution in [0.2, 0.25) is 0 Å². The molecule has 1 N–H and O–H groups in total. The van der Waals surface area contributed by atoms with Gasteiger partial charge in [0.25, 0.3) is 0 Å². The third-order valence-corrected chi connectivity index (χ3v) is 2.00. The molecule has 3 heteroatoms. The van der Waals surface area contributed by atoms with Crippen LogP contribution < -0.4 is 5.32 Å². The van der Waals surface area contributed by atoms with Crippen molar-refractivity contribution in [3.8, 4) is 0 Å². The number of anilines is 1. The van der Waals surface area contributed by atoms with E-state index in [0.717, 1.165) is 24.3 Å². The van der Waals surface area contributed by atoms with Gasteiger partial charge in [0.15, 0.2) is 0 Å². The topological polar surface area (TPSA) is 32.1 Å². The first-order valence-corrected chi connectivity index (χ1v) is 4.38. The Morgan fingerprint density at radius 3 is 2.85 bits per heavy atom. The summed E-state index contributed by atoms with van der Waals surface area (Å²) >= 11 is 0. The number of carbonyl (C=O) groups is 1. The zero-order valence-electron chi connectivity index (χ0n) is 7.58. The van der Waals surface area contributed by atoms with Crippen LogP contribution in [-0.2, 0) is 0 Å². The predicted molar refractivity (Wildman–Crippen MR) is 51.8 cm³/mol. The third-order valence-electron chi connectivity index (χ3n) is 2.00. The minimum Gasteiger partial charge on any atom is -0.321 e. The minimum absolute atomic E-state index is 0.00519. The van der Waals surface area contributed by atoms with Gasteiger partial charge < -0.3 is 10.2 Å². The van der Waals surface area contributed by atoms with Gasteiger partial charge in [-0.15, -0.1) is 0 Å².